The lowest BCUT2D eigenvalue weighted by molar-refractivity contribution is 0.0705. The maximum Gasteiger partial charge on any atom is 0.276 e. The van der Waals surface area contributed by atoms with Gasteiger partial charge < -0.3 is 0 Å². The van der Waals surface area contributed by atoms with Crippen LogP contribution in [0.2, 0.25) is 0 Å². The van der Waals surface area contributed by atoms with Crippen LogP contribution in [0.25, 0.3) is 16.5 Å². The molecule has 1 atom stereocenters. The normalized spacial score (nSPS) is 17.2. The number of hydroxylamine groups is 1. The summed E-state index contributed by atoms with van der Waals surface area (Å²) in [7, 11) is 0. The van der Waals surface area contributed by atoms with Crippen molar-refractivity contribution in [3.8, 4) is 0 Å². The highest BCUT2D eigenvalue weighted by Crippen LogP contribution is 2.28. The number of nitrogens with one attached hydrogen (secondary N) is 1. The first-order valence-corrected chi connectivity index (χ1v) is 7.87. The standard InChI is InChI=1S/C19H20N2O2/c1-3-13-4-6-14(7-5-13)15-8-9-16-10-17(19(22)21-23)12(2)20-18(16)11-15/h4,6-11,13,23H,3,5H2,1-2H3,(H,21,22). The van der Waals surface area contributed by atoms with E-state index in [1.165, 1.54) is 5.57 Å². The third-order valence-corrected chi connectivity index (χ3v) is 4.40. The van der Waals surface area contributed by atoms with Gasteiger partial charge in [0.05, 0.1) is 16.8 Å². The van der Waals surface area contributed by atoms with Crippen molar-refractivity contribution >= 4 is 22.4 Å². The third kappa shape index (κ3) is 3.03. The van der Waals surface area contributed by atoms with Crippen LogP contribution in [0.5, 0.6) is 0 Å². The number of nitrogens with zero attached hydrogens (tertiary/aromatic N) is 1. The van der Waals surface area contributed by atoms with Crippen LogP contribution < -0.4 is 5.48 Å². The van der Waals surface area contributed by atoms with Crippen molar-refractivity contribution in [1.82, 2.24) is 10.5 Å². The first kappa shape index (κ1) is 15.4. The van der Waals surface area contributed by atoms with Crippen molar-refractivity contribution < 1.29 is 10.0 Å². The van der Waals surface area contributed by atoms with E-state index >= 15 is 0 Å². The van der Waals surface area contributed by atoms with Crippen LogP contribution in [0.15, 0.2) is 42.5 Å². The van der Waals surface area contributed by atoms with E-state index in [4.69, 9.17) is 5.21 Å². The van der Waals surface area contributed by atoms with E-state index in [0.717, 1.165) is 29.3 Å². The minimum absolute atomic E-state index is 0.385. The number of rotatable bonds is 3. The Hall–Kier alpha value is -2.46. The van der Waals surface area contributed by atoms with Gasteiger partial charge in [0, 0.05) is 5.39 Å². The molecule has 2 aromatic rings. The molecule has 0 bridgehead atoms. The van der Waals surface area contributed by atoms with E-state index in [2.05, 4.69) is 30.1 Å². The average molecular weight is 308 g/mol. The molecule has 2 N–H and O–H groups in total. The van der Waals surface area contributed by atoms with E-state index in [1.807, 2.05) is 18.2 Å². The number of carbonyl (C=O) groups excluding carboxylic acids is 1. The van der Waals surface area contributed by atoms with E-state index in [9.17, 15) is 4.79 Å². The lowest BCUT2D eigenvalue weighted by Crippen LogP contribution is -2.20. The zero-order valence-electron chi connectivity index (χ0n) is 13.3. The van der Waals surface area contributed by atoms with E-state index < -0.39 is 5.91 Å². The molecule has 1 unspecified atom stereocenters. The second-order valence-electron chi connectivity index (χ2n) is 5.89. The topological polar surface area (TPSA) is 62.2 Å². The van der Waals surface area contributed by atoms with Crippen LogP contribution in [0.1, 0.15) is 41.4 Å². The largest absolute Gasteiger partial charge is 0.288 e. The van der Waals surface area contributed by atoms with Crippen molar-refractivity contribution in [2.75, 3.05) is 0 Å². The van der Waals surface area contributed by atoms with Gasteiger partial charge in [-0.05, 0) is 49.0 Å². The van der Waals surface area contributed by atoms with Crippen LogP contribution in [0.3, 0.4) is 0 Å². The van der Waals surface area contributed by atoms with Gasteiger partial charge in [-0.25, -0.2) is 5.48 Å². The summed E-state index contributed by atoms with van der Waals surface area (Å²) in [5.41, 5.74) is 5.84. The molecule has 1 aliphatic rings. The molecule has 1 aromatic carbocycles. The molecule has 0 saturated carbocycles. The van der Waals surface area contributed by atoms with Gasteiger partial charge in [0.25, 0.3) is 5.91 Å². The number of fused-ring (bicyclic) bond motifs is 1. The molecule has 23 heavy (non-hydrogen) atoms. The number of hydrogen-bond donors (Lipinski definition) is 2. The van der Waals surface area contributed by atoms with Crippen molar-refractivity contribution in [3.05, 3.63) is 59.3 Å². The van der Waals surface area contributed by atoms with Crippen molar-refractivity contribution in [1.29, 1.82) is 0 Å². The second kappa shape index (κ2) is 6.34. The van der Waals surface area contributed by atoms with Gasteiger partial charge in [0.1, 0.15) is 0 Å². The fourth-order valence-electron chi connectivity index (χ4n) is 2.91. The maximum atomic E-state index is 11.6. The van der Waals surface area contributed by atoms with Crippen molar-refractivity contribution in [2.45, 2.75) is 26.7 Å². The summed E-state index contributed by atoms with van der Waals surface area (Å²) in [4.78, 5) is 16.1. The fourth-order valence-corrected chi connectivity index (χ4v) is 2.91. The molecule has 0 spiro atoms. The molecule has 1 amide bonds. The molecule has 0 fully saturated rings. The van der Waals surface area contributed by atoms with Gasteiger partial charge in [-0.1, -0.05) is 37.3 Å². The predicted octanol–water partition coefficient (Wildman–Crippen LogP) is 4.03. The van der Waals surface area contributed by atoms with Crippen LogP contribution in [0, 0.1) is 12.8 Å². The molecule has 4 heteroatoms. The van der Waals surface area contributed by atoms with Gasteiger partial charge in [-0.3, -0.25) is 15.0 Å². The number of benzene rings is 1. The molecular formula is C19H20N2O2. The Morgan fingerprint density at radius 1 is 1.39 bits per heavy atom. The monoisotopic (exact) mass is 308 g/mol. The summed E-state index contributed by atoms with van der Waals surface area (Å²) in [5.74, 6) is 0.101. The van der Waals surface area contributed by atoms with Gasteiger partial charge in [0.15, 0.2) is 0 Å². The van der Waals surface area contributed by atoms with Crippen LogP contribution in [0.4, 0.5) is 0 Å². The molecule has 118 valence electrons. The van der Waals surface area contributed by atoms with Gasteiger partial charge in [-0.2, -0.15) is 0 Å². The van der Waals surface area contributed by atoms with Crippen LogP contribution in [-0.2, 0) is 0 Å². The smallest absolute Gasteiger partial charge is 0.276 e. The Bertz CT molecular complexity index is 821. The highest BCUT2D eigenvalue weighted by Gasteiger charge is 2.12. The van der Waals surface area contributed by atoms with Gasteiger partial charge in [0.2, 0.25) is 0 Å². The van der Waals surface area contributed by atoms with E-state index in [1.54, 1.807) is 18.5 Å². The number of pyridine rings is 1. The number of carbonyl (C=O) groups is 1. The number of aryl methyl sites for hydroxylation is 1. The first-order valence-electron chi connectivity index (χ1n) is 7.87. The Labute approximate surface area is 135 Å². The average Bonchev–Trinajstić information content (AvgIpc) is 2.60. The molecule has 1 heterocycles. The Morgan fingerprint density at radius 3 is 2.87 bits per heavy atom. The number of hydrogen-bond acceptors (Lipinski definition) is 3. The van der Waals surface area contributed by atoms with Gasteiger partial charge >= 0.3 is 0 Å². The zero-order chi connectivity index (χ0) is 16.4. The molecule has 0 radical (unpaired) electrons. The van der Waals surface area contributed by atoms with E-state index in [0.29, 0.717) is 17.2 Å². The molecule has 4 nitrogen and oxygen atoms in total. The van der Waals surface area contributed by atoms with Crippen LogP contribution >= 0.6 is 0 Å². The highest BCUT2D eigenvalue weighted by molar-refractivity contribution is 5.98. The Morgan fingerprint density at radius 2 is 2.22 bits per heavy atom. The summed E-state index contributed by atoms with van der Waals surface area (Å²) >= 11 is 0. The molecule has 1 aromatic heterocycles. The first-order chi connectivity index (χ1) is 11.1. The Balaban J connectivity index is 1.99. The molecular weight excluding hydrogens is 288 g/mol. The van der Waals surface area contributed by atoms with E-state index in [-0.39, 0.29) is 0 Å². The molecule has 0 saturated heterocycles. The van der Waals surface area contributed by atoms with Crippen molar-refractivity contribution in [3.63, 3.8) is 0 Å². The number of allylic oxidation sites excluding steroid dienone is 4. The quantitative estimate of drug-likeness (QED) is 0.664. The number of amides is 1. The van der Waals surface area contributed by atoms with Crippen LogP contribution in [-0.4, -0.2) is 16.1 Å². The minimum atomic E-state index is -0.537. The maximum absolute atomic E-state index is 11.6. The number of aromatic nitrogens is 1. The summed E-state index contributed by atoms with van der Waals surface area (Å²) < 4.78 is 0. The summed E-state index contributed by atoms with van der Waals surface area (Å²) in [6.45, 7) is 3.97. The van der Waals surface area contributed by atoms with Crippen molar-refractivity contribution in [2.24, 2.45) is 5.92 Å². The lowest BCUT2D eigenvalue weighted by Gasteiger charge is -2.15. The summed E-state index contributed by atoms with van der Waals surface area (Å²) in [6, 6.07) is 7.81. The highest BCUT2D eigenvalue weighted by atomic mass is 16.5. The Kier molecular flexibility index (Phi) is 4.26. The second-order valence-corrected chi connectivity index (χ2v) is 5.89. The third-order valence-electron chi connectivity index (χ3n) is 4.40. The lowest BCUT2D eigenvalue weighted by atomic mass is 9.91. The SMILES string of the molecule is CCC1C=CC(c2ccc3cc(C(=O)NO)c(C)nc3c2)=CC1. The molecule has 0 aliphatic heterocycles. The zero-order valence-corrected chi connectivity index (χ0v) is 13.3. The summed E-state index contributed by atoms with van der Waals surface area (Å²) in [5, 5.41) is 9.68. The predicted molar refractivity (Wildman–Crippen MR) is 91.2 cm³/mol. The minimum Gasteiger partial charge on any atom is -0.288 e. The molecule has 1 aliphatic carbocycles. The molecule has 3 rings (SSSR count). The summed E-state index contributed by atoms with van der Waals surface area (Å²) in [6.07, 6.45) is 8.96. The fraction of sp³-hybridized carbons (Fsp3) is 0.263. The van der Waals surface area contributed by atoms with Gasteiger partial charge in [-0.15, -0.1) is 0 Å².